The highest BCUT2D eigenvalue weighted by atomic mass is 19.1. The molecule has 5 aliphatic rings. The van der Waals surface area contributed by atoms with E-state index in [1.54, 1.807) is 6.08 Å². The van der Waals surface area contributed by atoms with Gasteiger partial charge in [0, 0.05) is 24.7 Å². The fraction of sp³-hybridized carbons (Fsp3) is 0.680. The highest BCUT2D eigenvalue weighted by molar-refractivity contribution is 6.01. The molecule has 3 saturated carbocycles. The van der Waals surface area contributed by atoms with Crippen molar-refractivity contribution in [2.45, 2.75) is 76.9 Å². The lowest BCUT2D eigenvalue weighted by Gasteiger charge is -2.56. The zero-order chi connectivity index (χ0) is 24.0. The summed E-state index contributed by atoms with van der Waals surface area (Å²) < 4.78 is 32.7. The van der Waals surface area contributed by atoms with Gasteiger partial charge < -0.3 is 14.2 Å². The number of epoxide rings is 1. The van der Waals surface area contributed by atoms with Gasteiger partial charge in [-0.15, -0.1) is 0 Å². The minimum absolute atomic E-state index is 0.139. The Bertz CT molecular complexity index is 1030. The first-order valence-corrected chi connectivity index (χ1v) is 11.5. The van der Waals surface area contributed by atoms with Crippen molar-refractivity contribution in [1.29, 1.82) is 0 Å². The van der Waals surface area contributed by atoms with Crippen LogP contribution in [0.25, 0.3) is 0 Å². The van der Waals surface area contributed by atoms with E-state index in [2.05, 4.69) is 0 Å². The van der Waals surface area contributed by atoms with Gasteiger partial charge in [-0.2, -0.15) is 0 Å². The Morgan fingerprint density at radius 2 is 1.91 bits per heavy atom. The van der Waals surface area contributed by atoms with E-state index in [0.29, 0.717) is 18.4 Å². The van der Waals surface area contributed by atoms with Crippen LogP contribution in [0, 0.1) is 22.7 Å². The summed E-state index contributed by atoms with van der Waals surface area (Å²) >= 11 is 0. The number of hydrogen-bond donors (Lipinski definition) is 0. The second kappa shape index (κ2) is 6.84. The molecule has 1 unspecified atom stereocenters. The number of esters is 2. The predicted octanol–water partition coefficient (Wildman–Crippen LogP) is 2.81. The Balaban J connectivity index is 1.56. The molecule has 4 aliphatic carbocycles. The minimum atomic E-state index is -1.46. The van der Waals surface area contributed by atoms with Gasteiger partial charge >= 0.3 is 11.9 Å². The van der Waals surface area contributed by atoms with E-state index in [9.17, 15) is 19.2 Å². The van der Waals surface area contributed by atoms with Crippen LogP contribution >= 0.6 is 0 Å². The Labute approximate surface area is 191 Å². The molecule has 0 bridgehead atoms. The maximum atomic E-state index is 15.5. The summed E-state index contributed by atoms with van der Waals surface area (Å²) in [6.07, 6.45) is 4.60. The lowest BCUT2D eigenvalue weighted by atomic mass is 9.46. The monoisotopic (exact) mass is 460 g/mol. The first-order chi connectivity index (χ1) is 15.4. The molecule has 0 aromatic carbocycles. The number of rotatable bonds is 4. The average Bonchev–Trinajstić information content (AvgIpc) is 3.38. The number of carbonyl (C=O) groups excluding carboxylic acids is 4. The van der Waals surface area contributed by atoms with E-state index in [4.69, 9.17) is 14.2 Å². The van der Waals surface area contributed by atoms with Crippen LogP contribution in [0.5, 0.6) is 0 Å². The molecule has 4 fully saturated rings. The van der Waals surface area contributed by atoms with E-state index >= 15 is 4.39 Å². The number of hydrogen-bond acceptors (Lipinski definition) is 7. The number of Topliss-reactive ketones (excluding diaryl/α,β-unsaturated/α-hetero) is 1. The van der Waals surface area contributed by atoms with Crippen LogP contribution in [-0.2, 0) is 33.4 Å². The summed E-state index contributed by atoms with van der Waals surface area (Å²) in [7, 11) is 0. The maximum Gasteiger partial charge on any atom is 0.303 e. The van der Waals surface area contributed by atoms with Crippen molar-refractivity contribution in [2.24, 2.45) is 22.7 Å². The van der Waals surface area contributed by atoms with E-state index in [0.717, 1.165) is 0 Å². The standard InChI is InChI=1S/C25H29FO7/c1-13(27)31-12-20(30)24(32-14(2)28)8-6-16-17-10-19(26)18-9-15(29)5-7-22(18,3)25(17)21(33-25)11-23(16,24)4/h5,7,9,16-17,19,21H,6,8,10-12H2,1-4H3/t16-,17-,19-,21+,22-,23-,24-,25?/m0/s1. The summed E-state index contributed by atoms with van der Waals surface area (Å²) in [4.78, 5) is 48.9. The molecule has 1 saturated heterocycles. The van der Waals surface area contributed by atoms with Crippen molar-refractivity contribution in [3.63, 3.8) is 0 Å². The number of alkyl halides is 1. The van der Waals surface area contributed by atoms with Crippen molar-refractivity contribution in [3.8, 4) is 0 Å². The molecule has 1 heterocycles. The van der Waals surface area contributed by atoms with E-state index in [1.807, 2.05) is 13.8 Å². The van der Waals surface area contributed by atoms with Crippen molar-refractivity contribution >= 4 is 23.5 Å². The topological polar surface area (TPSA) is 99.3 Å². The van der Waals surface area contributed by atoms with Crippen LogP contribution in [0.2, 0.25) is 0 Å². The van der Waals surface area contributed by atoms with Crippen LogP contribution in [0.15, 0.2) is 23.8 Å². The molecule has 8 atom stereocenters. The Hall–Kier alpha value is -2.35. The lowest BCUT2D eigenvalue weighted by Crippen LogP contribution is -2.63. The lowest BCUT2D eigenvalue weighted by molar-refractivity contribution is -0.188. The fourth-order valence-electron chi connectivity index (χ4n) is 7.84. The van der Waals surface area contributed by atoms with Crippen molar-refractivity contribution in [3.05, 3.63) is 23.8 Å². The van der Waals surface area contributed by atoms with Crippen LogP contribution in [0.1, 0.15) is 53.4 Å². The van der Waals surface area contributed by atoms with Gasteiger partial charge in [-0.25, -0.2) is 4.39 Å². The van der Waals surface area contributed by atoms with Gasteiger partial charge in [0.25, 0.3) is 0 Å². The number of ether oxygens (including phenoxy) is 3. The van der Waals surface area contributed by atoms with Crippen LogP contribution < -0.4 is 0 Å². The molecule has 0 amide bonds. The SMILES string of the molecule is CC(=O)OCC(=O)[C@@]1(OC(C)=O)CC[C@H]2[C@@H]3C[C@H](F)C4=CC(=O)C=C[C@]4(C)C34O[C@@H]4C[C@@]21C. The molecule has 8 heteroatoms. The number of fused-ring (bicyclic) bond motifs is 3. The van der Waals surface area contributed by atoms with Gasteiger partial charge in [-0.1, -0.05) is 13.0 Å². The average molecular weight is 460 g/mol. The number of carbonyl (C=O) groups is 4. The molecule has 5 rings (SSSR count). The Morgan fingerprint density at radius 1 is 1.18 bits per heavy atom. The van der Waals surface area contributed by atoms with Gasteiger partial charge in [0.2, 0.25) is 5.78 Å². The van der Waals surface area contributed by atoms with Gasteiger partial charge in [0.15, 0.2) is 18.0 Å². The largest absolute Gasteiger partial charge is 0.458 e. The normalized spacial score (nSPS) is 46.8. The first-order valence-electron chi connectivity index (χ1n) is 11.5. The molecule has 0 aromatic rings. The molecule has 0 radical (unpaired) electrons. The molecule has 1 aliphatic heterocycles. The highest BCUT2D eigenvalue weighted by Gasteiger charge is 2.82. The zero-order valence-corrected chi connectivity index (χ0v) is 19.3. The van der Waals surface area contributed by atoms with E-state index in [1.165, 1.54) is 26.0 Å². The third-order valence-electron chi connectivity index (χ3n) is 9.22. The minimum Gasteiger partial charge on any atom is -0.458 e. The molecular weight excluding hydrogens is 431 g/mol. The smallest absolute Gasteiger partial charge is 0.303 e. The van der Waals surface area contributed by atoms with Crippen molar-refractivity contribution in [1.82, 2.24) is 0 Å². The Morgan fingerprint density at radius 3 is 2.58 bits per heavy atom. The summed E-state index contributed by atoms with van der Waals surface area (Å²) in [5.74, 6) is -2.20. The van der Waals surface area contributed by atoms with Crippen LogP contribution in [0.4, 0.5) is 4.39 Å². The molecule has 33 heavy (non-hydrogen) atoms. The van der Waals surface area contributed by atoms with Crippen LogP contribution in [0.3, 0.4) is 0 Å². The molecule has 0 aromatic heterocycles. The third-order valence-corrected chi connectivity index (χ3v) is 9.22. The Kier molecular flexibility index (Phi) is 4.65. The zero-order valence-electron chi connectivity index (χ0n) is 19.3. The molecule has 7 nitrogen and oxygen atoms in total. The maximum absolute atomic E-state index is 15.5. The number of ketones is 2. The second-order valence-electron chi connectivity index (χ2n) is 10.6. The summed E-state index contributed by atoms with van der Waals surface area (Å²) in [5, 5.41) is 0. The molecule has 178 valence electrons. The van der Waals surface area contributed by atoms with Gasteiger partial charge in [0.05, 0.1) is 6.10 Å². The molecule has 1 spiro atoms. The number of allylic oxidation sites excluding steroid dienone is 2. The van der Waals surface area contributed by atoms with Crippen molar-refractivity contribution in [2.75, 3.05) is 6.61 Å². The van der Waals surface area contributed by atoms with E-state index in [-0.39, 0.29) is 36.6 Å². The first kappa shape index (κ1) is 22.4. The summed E-state index contributed by atoms with van der Waals surface area (Å²) in [6, 6.07) is 0. The van der Waals surface area contributed by atoms with Gasteiger partial charge in [-0.05, 0) is 62.2 Å². The highest BCUT2D eigenvalue weighted by Crippen LogP contribution is 2.76. The summed E-state index contributed by atoms with van der Waals surface area (Å²) in [6.45, 7) is 5.86. The third kappa shape index (κ3) is 2.70. The second-order valence-corrected chi connectivity index (χ2v) is 10.6. The predicted molar refractivity (Wildman–Crippen MR) is 113 cm³/mol. The van der Waals surface area contributed by atoms with Gasteiger partial charge in [-0.3, -0.25) is 19.2 Å². The number of halogens is 1. The van der Waals surface area contributed by atoms with Crippen LogP contribution in [-0.4, -0.2) is 53.6 Å². The fourth-order valence-corrected chi connectivity index (χ4v) is 7.84. The van der Waals surface area contributed by atoms with E-state index < -0.39 is 52.5 Å². The van der Waals surface area contributed by atoms with Gasteiger partial charge in [0.1, 0.15) is 11.8 Å². The summed E-state index contributed by atoms with van der Waals surface area (Å²) in [5.41, 5.74) is -3.18. The molecule has 0 N–H and O–H groups in total. The van der Waals surface area contributed by atoms with Crippen molar-refractivity contribution < 1.29 is 37.8 Å². The molecular formula is C25H29FO7. The quantitative estimate of drug-likeness (QED) is 0.470.